The summed E-state index contributed by atoms with van der Waals surface area (Å²) in [5.41, 5.74) is -0.0160. The fraction of sp³-hybridized carbons (Fsp3) is 0.417. The van der Waals surface area contributed by atoms with E-state index in [1.54, 1.807) is 11.0 Å². The molecule has 5 nitrogen and oxygen atoms in total. The van der Waals surface area contributed by atoms with Gasteiger partial charge in [0.1, 0.15) is 5.56 Å². The van der Waals surface area contributed by atoms with Crippen LogP contribution in [0.1, 0.15) is 29.6 Å². The SMILES string of the molecule is O=C(c1ccc(S)cc1[N+](=O)[O-])N1CCCCC1. The van der Waals surface area contributed by atoms with E-state index in [0.717, 1.165) is 19.3 Å². The third-order valence-corrected chi connectivity index (χ3v) is 3.33. The number of nitro benzene ring substituents is 1. The normalized spacial score (nSPS) is 15.5. The third-order valence-electron chi connectivity index (χ3n) is 3.05. The number of benzene rings is 1. The minimum atomic E-state index is -0.531. The van der Waals surface area contributed by atoms with Gasteiger partial charge < -0.3 is 4.90 Å². The lowest BCUT2D eigenvalue weighted by atomic mass is 10.1. The molecule has 1 heterocycles. The highest BCUT2D eigenvalue weighted by Gasteiger charge is 2.25. The molecule has 18 heavy (non-hydrogen) atoms. The van der Waals surface area contributed by atoms with Gasteiger partial charge in [-0.15, -0.1) is 12.6 Å². The van der Waals surface area contributed by atoms with Crippen molar-refractivity contribution >= 4 is 24.2 Å². The highest BCUT2D eigenvalue weighted by atomic mass is 32.1. The number of likely N-dealkylation sites (tertiary alicyclic amines) is 1. The zero-order valence-electron chi connectivity index (χ0n) is 9.83. The minimum Gasteiger partial charge on any atom is -0.338 e. The van der Waals surface area contributed by atoms with Crippen LogP contribution in [-0.2, 0) is 0 Å². The summed E-state index contributed by atoms with van der Waals surface area (Å²) in [4.78, 5) is 24.8. The van der Waals surface area contributed by atoms with Gasteiger partial charge in [-0.2, -0.15) is 0 Å². The van der Waals surface area contributed by atoms with E-state index in [2.05, 4.69) is 12.6 Å². The third kappa shape index (κ3) is 2.64. The summed E-state index contributed by atoms with van der Waals surface area (Å²) in [6, 6.07) is 4.41. The molecule has 1 saturated heterocycles. The van der Waals surface area contributed by atoms with Gasteiger partial charge in [-0.3, -0.25) is 14.9 Å². The Morgan fingerprint density at radius 3 is 2.56 bits per heavy atom. The molecular weight excluding hydrogens is 252 g/mol. The molecule has 1 fully saturated rings. The van der Waals surface area contributed by atoms with Crippen LogP contribution in [0.2, 0.25) is 0 Å². The monoisotopic (exact) mass is 266 g/mol. The predicted octanol–water partition coefficient (Wildman–Crippen LogP) is 2.51. The summed E-state index contributed by atoms with van der Waals surface area (Å²) in [6.07, 6.45) is 3.04. The standard InChI is InChI=1S/C12H14N2O3S/c15-12(13-6-2-1-3-7-13)10-5-4-9(18)8-11(10)14(16)17/h4-5,8,18H,1-3,6-7H2. The number of rotatable bonds is 2. The van der Waals surface area contributed by atoms with Crippen molar-refractivity contribution in [1.29, 1.82) is 0 Å². The van der Waals surface area contributed by atoms with Crippen molar-refractivity contribution in [2.24, 2.45) is 0 Å². The van der Waals surface area contributed by atoms with Gasteiger partial charge in [0, 0.05) is 24.1 Å². The Morgan fingerprint density at radius 1 is 1.28 bits per heavy atom. The highest BCUT2D eigenvalue weighted by Crippen LogP contribution is 2.24. The smallest absolute Gasteiger partial charge is 0.283 e. The van der Waals surface area contributed by atoms with Crippen LogP contribution in [0.3, 0.4) is 0 Å². The van der Waals surface area contributed by atoms with Crippen molar-refractivity contribution < 1.29 is 9.72 Å². The molecule has 0 aromatic heterocycles. The first-order valence-corrected chi connectivity index (χ1v) is 6.31. The Morgan fingerprint density at radius 2 is 1.94 bits per heavy atom. The fourth-order valence-corrected chi connectivity index (χ4v) is 2.32. The quantitative estimate of drug-likeness (QED) is 0.508. The Bertz CT molecular complexity index is 484. The molecule has 1 aromatic rings. The highest BCUT2D eigenvalue weighted by molar-refractivity contribution is 7.80. The molecule has 1 amide bonds. The molecule has 0 spiro atoms. The summed E-state index contributed by atoms with van der Waals surface area (Å²) in [6.45, 7) is 1.36. The number of piperidine rings is 1. The zero-order valence-corrected chi connectivity index (χ0v) is 10.7. The van der Waals surface area contributed by atoms with E-state index in [1.165, 1.54) is 12.1 Å². The number of hydrogen-bond donors (Lipinski definition) is 1. The summed E-state index contributed by atoms with van der Waals surface area (Å²) < 4.78 is 0. The van der Waals surface area contributed by atoms with Crippen molar-refractivity contribution in [2.75, 3.05) is 13.1 Å². The van der Waals surface area contributed by atoms with Crippen molar-refractivity contribution in [2.45, 2.75) is 24.2 Å². The largest absolute Gasteiger partial charge is 0.338 e. The van der Waals surface area contributed by atoms with Gasteiger partial charge in [0.05, 0.1) is 4.92 Å². The van der Waals surface area contributed by atoms with Gasteiger partial charge in [0.15, 0.2) is 0 Å². The van der Waals surface area contributed by atoms with Crippen LogP contribution in [0.4, 0.5) is 5.69 Å². The maximum Gasteiger partial charge on any atom is 0.283 e. The van der Waals surface area contributed by atoms with Crippen LogP contribution in [0.25, 0.3) is 0 Å². The molecule has 0 aliphatic carbocycles. The van der Waals surface area contributed by atoms with Gasteiger partial charge >= 0.3 is 0 Å². The second-order valence-corrected chi connectivity index (χ2v) is 4.83. The maximum atomic E-state index is 12.2. The summed E-state index contributed by atoms with van der Waals surface area (Å²) in [7, 11) is 0. The van der Waals surface area contributed by atoms with Crippen LogP contribution in [0, 0.1) is 10.1 Å². The Balaban J connectivity index is 2.31. The van der Waals surface area contributed by atoms with Crippen molar-refractivity contribution in [3.63, 3.8) is 0 Å². The van der Waals surface area contributed by atoms with Crippen LogP contribution < -0.4 is 0 Å². The number of hydrogen-bond acceptors (Lipinski definition) is 4. The summed E-state index contributed by atoms with van der Waals surface area (Å²) in [5.74, 6) is -0.255. The van der Waals surface area contributed by atoms with E-state index < -0.39 is 4.92 Å². The van der Waals surface area contributed by atoms with Gasteiger partial charge in [-0.25, -0.2) is 0 Å². The summed E-state index contributed by atoms with van der Waals surface area (Å²) >= 11 is 4.06. The number of carbonyl (C=O) groups excluding carboxylic acids is 1. The molecule has 6 heteroatoms. The number of amides is 1. The Labute approximate surface area is 110 Å². The number of nitrogens with zero attached hydrogens (tertiary/aromatic N) is 2. The fourth-order valence-electron chi connectivity index (χ4n) is 2.12. The average molecular weight is 266 g/mol. The van der Waals surface area contributed by atoms with Gasteiger partial charge in [0.2, 0.25) is 0 Å². The molecular formula is C12H14N2O3S. The molecule has 0 unspecified atom stereocenters. The molecule has 0 N–H and O–H groups in total. The minimum absolute atomic E-state index is 0.153. The van der Waals surface area contributed by atoms with Crippen LogP contribution in [0.15, 0.2) is 23.1 Å². The van der Waals surface area contributed by atoms with E-state index in [-0.39, 0.29) is 17.2 Å². The first-order valence-electron chi connectivity index (χ1n) is 5.86. The van der Waals surface area contributed by atoms with Gasteiger partial charge in [-0.1, -0.05) is 0 Å². The van der Waals surface area contributed by atoms with Gasteiger partial charge in [-0.05, 0) is 31.4 Å². The molecule has 96 valence electrons. The number of carbonyl (C=O) groups is 1. The number of thiol groups is 1. The van der Waals surface area contributed by atoms with Gasteiger partial charge in [0.25, 0.3) is 11.6 Å². The Hall–Kier alpha value is -1.56. The maximum absolute atomic E-state index is 12.2. The second-order valence-electron chi connectivity index (χ2n) is 4.31. The second kappa shape index (κ2) is 5.39. The molecule has 1 aliphatic rings. The molecule has 0 radical (unpaired) electrons. The van der Waals surface area contributed by atoms with Crippen molar-refractivity contribution in [1.82, 2.24) is 4.90 Å². The topological polar surface area (TPSA) is 63.4 Å². The van der Waals surface area contributed by atoms with E-state index in [4.69, 9.17) is 0 Å². The van der Waals surface area contributed by atoms with E-state index in [1.807, 2.05) is 0 Å². The average Bonchev–Trinajstić information content (AvgIpc) is 2.39. The first-order chi connectivity index (χ1) is 8.59. The number of nitro groups is 1. The lowest BCUT2D eigenvalue weighted by molar-refractivity contribution is -0.385. The zero-order chi connectivity index (χ0) is 13.1. The molecule has 2 rings (SSSR count). The molecule has 1 aliphatic heterocycles. The lowest BCUT2D eigenvalue weighted by Gasteiger charge is -2.26. The molecule has 1 aromatic carbocycles. The molecule has 0 atom stereocenters. The van der Waals surface area contributed by atoms with E-state index in [0.29, 0.717) is 18.0 Å². The molecule has 0 bridgehead atoms. The summed E-state index contributed by atoms with van der Waals surface area (Å²) in [5, 5.41) is 11.0. The van der Waals surface area contributed by atoms with Crippen LogP contribution in [0.5, 0.6) is 0 Å². The predicted molar refractivity (Wildman–Crippen MR) is 70.1 cm³/mol. The first kappa shape index (κ1) is 12.9. The van der Waals surface area contributed by atoms with E-state index in [9.17, 15) is 14.9 Å². The van der Waals surface area contributed by atoms with Crippen LogP contribution in [-0.4, -0.2) is 28.8 Å². The lowest BCUT2D eigenvalue weighted by Crippen LogP contribution is -2.35. The Kier molecular flexibility index (Phi) is 3.86. The van der Waals surface area contributed by atoms with Crippen molar-refractivity contribution in [3.8, 4) is 0 Å². The van der Waals surface area contributed by atoms with E-state index >= 15 is 0 Å². The van der Waals surface area contributed by atoms with Crippen molar-refractivity contribution in [3.05, 3.63) is 33.9 Å². The van der Waals surface area contributed by atoms with Crippen LogP contribution >= 0.6 is 12.6 Å². The molecule has 0 saturated carbocycles.